The molecule has 5 heteroatoms. The molecule has 18 heavy (non-hydrogen) atoms. The van der Waals surface area contributed by atoms with E-state index in [1.54, 1.807) is 0 Å². The fourth-order valence-corrected chi connectivity index (χ4v) is 2.21. The molecule has 2 aliphatic rings. The Bertz CT molecular complexity index is 497. The third kappa shape index (κ3) is 1.59. The van der Waals surface area contributed by atoms with E-state index in [4.69, 9.17) is 14.2 Å². The van der Waals surface area contributed by atoms with E-state index < -0.39 is 23.6 Å². The number of carbonyl (C=O) groups excluding carboxylic acids is 2. The van der Waals surface area contributed by atoms with Gasteiger partial charge in [-0.2, -0.15) is 0 Å². The van der Waals surface area contributed by atoms with Crippen LogP contribution >= 0.6 is 0 Å². The number of hydrogen-bond acceptors (Lipinski definition) is 5. The van der Waals surface area contributed by atoms with Crippen molar-refractivity contribution in [3.8, 4) is 0 Å². The number of esters is 2. The van der Waals surface area contributed by atoms with Gasteiger partial charge in [-0.25, -0.2) is 4.79 Å². The number of rotatable bonds is 3. The Labute approximate surface area is 104 Å². The second-order valence-corrected chi connectivity index (χ2v) is 4.44. The molecule has 0 aliphatic carbocycles. The van der Waals surface area contributed by atoms with Crippen LogP contribution in [0.3, 0.4) is 0 Å². The summed E-state index contributed by atoms with van der Waals surface area (Å²) in [5, 5.41) is 0. The Hall–Kier alpha value is -1.88. The van der Waals surface area contributed by atoms with E-state index in [0.717, 1.165) is 5.56 Å². The average Bonchev–Trinajstić information content (AvgIpc) is 3.04. The van der Waals surface area contributed by atoms with Crippen LogP contribution in [-0.4, -0.2) is 30.3 Å². The largest absolute Gasteiger partial charge is 0.462 e. The summed E-state index contributed by atoms with van der Waals surface area (Å²) in [6, 6.07) is 9.39. The van der Waals surface area contributed by atoms with E-state index in [1.807, 2.05) is 30.3 Å². The summed E-state index contributed by atoms with van der Waals surface area (Å²) in [6.45, 7) is 1.22. The number of benzene rings is 1. The summed E-state index contributed by atoms with van der Waals surface area (Å²) in [4.78, 5) is 22.6. The molecule has 3 rings (SSSR count). The molecule has 2 aliphatic heterocycles. The summed E-state index contributed by atoms with van der Waals surface area (Å²) in [5.74, 6) is -0.891. The highest BCUT2D eigenvalue weighted by Crippen LogP contribution is 2.53. The number of cyclic esters (lactones) is 1. The SMILES string of the molecule is CC(=O)OC[C@@]12O[C@@H]1[C@@H](c1ccccc1)OC2=O. The van der Waals surface area contributed by atoms with Gasteiger partial charge in [0.25, 0.3) is 0 Å². The Morgan fingerprint density at radius 2 is 2.11 bits per heavy atom. The first-order chi connectivity index (χ1) is 8.63. The first-order valence-electron chi connectivity index (χ1n) is 5.71. The van der Waals surface area contributed by atoms with Crippen molar-refractivity contribution in [1.82, 2.24) is 0 Å². The molecule has 0 bridgehead atoms. The van der Waals surface area contributed by atoms with Gasteiger partial charge in [-0.05, 0) is 5.56 Å². The van der Waals surface area contributed by atoms with E-state index in [-0.39, 0.29) is 12.7 Å². The zero-order valence-corrected chi connectivity index (χ0v) is 9.79. The van der Waals surface area contributed by atoms with E-state index >= 15 is 0 Å². The van der Waals surface area contributed by atoms with Crippen LogP contribution in [0.5, 0.6) is 0 Å². The minimum atomic E-state index is -1.08. The molecule has 0 radical (unpaired) electrons. The van der Waals surface area contributed by atoms with Gasteiger partial charge >= 0.3 is 11.9 Å². The van der Waals surface area contributed by atoms with E-state index in [1.165, 1.54) is 6.92 Å². The first-order valence-corrected chi connectivity index (χ1v) is 5.71. The second kappa shape index (κ2) is 3.81. The van der Waals surface area contributed by atoms with Crippen LogP contribution in [-0.2, 0) is 23.8 Å². The third-order valence-corrected chi connectivity index (χ3v) is 3.21. The zero-order valence-electron chi connectivity index (χ0n) is 9.79. The lowest BCUT2D eigenvalue weighted by atomic mass is 10.0. The zero-order chi connectivity index (χ0) is 12.8. The molecule has 3 atom stereocenters. The second-order valence-electron chi connectivity index (χ2n) is 4.44. The average molecular weight is 248 g/mol. The molecule has 5 nitrogen and oxygen atoms in total. The first kappa shape index (κ1) is 11.2. The van der Waals surface area contributed by atoms with E-state index in [0.29, 0.717) is 0 Å². The fraction of sp³-hybridized carbons (Fsp3) is 0.385. The van der Waals surface area contributed by atoms with Crippen LogP contribution in [0.4, 0.5) is 0 Å². The standard InChI is InChI=1S/C13H12O5/c1-8(14)16-7-13-11(18-13)10(17-12(13)15)9-5-3-2-4-6-9/h2-6,10-11H,7H2,1H3/t10-,11-,13-/m1/s1. The van der Waals surface area contributed by atoms with Crippen molar-refractivity contribution >= 4 is 11.9 Å². The van der Waals surface area contributed by atoms with Crippen molar-refractivity contribution in [1.29, 1.82) is 0 Å². The molecule has 0 aromatic heterocycles. The third-order valence-electron chi connectivity index (χ3n) is 3.21. The van der Waals surface area contributed by atoms with E-state index in [2.05, 4.69) is 0 Å². The van der Waals surface area contributed by atoms with Gasteiger partial charge < -0.3 is 14.2 Å². The van der Waals surface area contributed by atoms with Crippen molar-refractivity contribution in [3.05, 3.63) is 35.9 Å². The monoisotopic (exact) mass is 248 g/mol. The molecule has 0 unspecified atom stereocenters. The molecule has 0 spiro atoms. The Kier molecular flexibility index (Phi) is 2.38. The minimum Gasteiger partial charge on any atom is -0.462 e. The van der Waals surface area contributed by atoms with Gasteiger partial charge in [-0.15, -0.1) is 0 Å². The van der Waals surface area contributed by atoms with Gasteiger partial charge in [-0.3, -0.25) is 4.79 Å². The number of carbonyl (C=O) groups is 2. The van der Waals surface area contributed by atoms with Crippen LogP contribution in [0.2, 0.25) is 0 Å². The molecule has 1 aromatic rings. The van der Waals surface area contributed by atoms with Crippen molar-refractivity contribution in [2.24, 2.45) is 0 Å². The number of fused-ring (bicyclic) bond motifs is 1. The van der Waals surface area contributed by atoms with E-state index in [9.17, 15) is 9.59 Å². The predicted octanol–water partition coefficient (Wildman–Crippen LogP) is 0.985. The van der Waals surface area contributed by atoms with Crippen LogP contribution in [0.1, 0.15) is 18.6 Å². The topological polar surface area (TPSA) is 65.1 Å². The maximum atomic E-state index is 11.8. The Morgan fingerprint density at radius 3 is 2.72 bits per heavy atom. The highest BCUT2D eigenvalue weighted by Gasteiger charge is 2.74. The van der Waals surface area contributed by atoms with Gasteiger partial charge in [0.05, 0.1) is 0 Å². The maximum absolute atomic E-state index is 11.8. The summed E-state index contributed by atoms with van der Waals surface area (Å²) >= 11 is 0. The van der Waals surface area contributed by atoms with Gasteiger partial charge in [0.1, 0.15) is 12.7 Å². The minimum absolute atomic E-state index is 0.0742. The Balaban J connectivity index is 1.77. The molecular formula is C13H12O5. The van der Waals surface area contributed by atoms with Crippen molar-refractivity contribution in [2.45, 2.75) is 24.7 Å². The van der Waals surface area contributed by atoms with Crippen molar-refractivity contribution in [3.63, 3.8) is 0 Å². The molecular weight excluding hydrogens is 236 g/mol. The van der Waals surface area contributed by atoms with Gasteiger partial charge in [-0.1, -0.05) is 30.3 Å². The molecule has 0 N–H and O–H groups in total. The van der Waals surface area contributed by atoms with Crippen LogP contribution in [0, 0.1) is 0 Å². The lowest BCUT2D eigenvalue weighted by molar-refractivity contribution is -0.158. The number of ether oxygens (including phenoxy) is 3. The number of epoxide rings is 1. The van der Waals surface area contributed by atoms with Crippen molar-refractivity contribution < 1.29 is 23.8 Å². The Morgan fingerprint density at radius 1 is 1.39 bits per heavy atom. The highest BCUT2D eigenvalue weighted by molar-refractivity contribution is 5.87. The molecule has 94 valence electrons. The predicted molar refractivity (Wildman–Crippen MR) is 59.5 cm³/mol. The molecule has 0 amide bonds. The van der Waals surface area contributed by atoms with Gasteiger partial charge in [0, 0.05) is 6.92 Å². The molecule has 0 saturated carbocycles. The summed E-state index contributed by atoms with van der Waals surface area (Å²) in [5.41, 5.74) is -0.190. The van der Waals surface area contributed by atoms with Gasteiger partial charge in [0.15, 0.2) is 6.10 Å². The quantitative estimate of drug-likeness (QED) is 0.589. The number of hydrogen-bond donors (Lipinski definition) is 0. The molecule has 2 fully saturated rings. The van der Waals surface area contributed by atoms with Crippen LogP contribution < -0.4 is 0 Å². The molecule has 2 saturated heterocycles. The summed E-state index contributed by atoms with van der Waals surface area (Å²) in [7, 11) is 0. The maximum Gasteiger partial charge on any atom is 0.345 e. The lowest BCUT2D eigenvalue weighted by Gasteiger charge is -2.11. The summed E-state index contributed by atoms with van der Waals surface area (Å²) < 4.78 is 15.6. The van der Waals surface area contributed by atoms with Gasteiger partial charge in [0.2, 0.25) is 5.60 Å². The van der Waals surface area contributed by atoms with Crippen LogP contribution in [0.15, 0.2) is 30.3 Å². The van der Waals surface area contributed by atoms with Crippen molar-refractivity contribution in [2.75, 3.05) is 6.61 Å². The molecule has 1 aromatic carbocycles. The summed E-state index contributed by atoms with van der Waals surface area (Å²) in [6.07, 6.45) is -0.763. The highest BCUT2D eigenvalue weighted by atomic mass is 16.7. The lowest BCUT2D eigenvalue weighted by Crippen LogP contribution is -2.29. The molecule has 2 heterocycles. The fourth-order valence-electron chi connectivity index (χ4n) is 2.21. The van der Waals surface area contributed by atoms with Crippen LogP contribution in [0.25, 0.3) is 0 Å². The smallest absolute Gasteiger partial charge is 0.345 e. The normalized spacial score (nSPS) is 32.6.